The minimum absolute atomic E-state index is 0.0200. The van der Waals surface area contributed by atoms with E-state index in [-0.39, 0.29) is 6.61 Å². The van der Waals surface area contributed by atoms with Crippen LogP contribution in [0.4, 0.5) is 0 Å². The highest BCUT2D eigenvalue weighted by atomic mass is 79.9. The molecule has 3 nitrogen and oxygen atoms in total. The fourth-order valence-electron chi connectivity index (χ4n) is 1.48. The minimum atomic E-state index is -0.0200. The van der Waals surface area contributed by atoms with Gasteiger partial charge in [-0.05, 0) is 22.0 Å². The Balaban J connectivity index is 2.87. The maximum Gasteiger partial charge on any atom is 0.0957 e. The van der Waals surface area contributed by atoms with E-state index < -0.39 is 0 Å². The fraction of sp³-hybridized carbons (Fsp3) is 0.222. The highest BCUT2D eigenvalue weighted by molar-refractivity contribution is 9.10. The van der Waals surface area contributed by atoms with E-state index in [1.165, 1.54) is 0 Å². The first-order valence-corrected chi connectivity index (χ1v) is 4.74. The third-order valence-electron chi connectivity index (χ3n) is 2.04. The Morgan fingerprint density at radius 3 is 3.00 bits per heavy atom. The summed E-state index contributed by atoms with van der Waals surface area (Å²) in [7, 11) is 1.87. The van der Waals surface area contributed by atoms with Crippen molar-refractivity contribution in [2.75, 3.05) is 0 Å². The molecule has 0 radical (unpaired) electrons. The average molecular weight is 241 g/mol. The number of rotatable bonds is 1. The van der Waals surface area contributed by atoms with Gasteiger partial charge in [0.15, 0.2) is 0 Å². The molecule has 0 unspecified atom stereocenters. The Kier molecular flexibility index (Phi) is 2.09. The molecule has 1 aromatic heterocycles. The molecule has 2 aromatic rings. The van der Waals surface area contributed by atoms with E-state index >= 15 is 0 Å². The zero-order valence-electron chi connectivity index (χ0n) is 7.16. The Morgan fingerprint density at radius 1 is 1.54 bits per heavy atom. The van der Waals surface area contributed by atoms with Crippen LogP contribution >= 0.6 is 15.9 Å². The van der Waals surface area contributed by atoms with E-state index in [4.69, 9.17) is 5.11 Å². The molecule has 68 valence electrons. The van der Waals surface area contributed by atoms with Crippen molar-refractivity contribution in [2.24, 2.45) is 7.05 Å². The van der Waals surface area contributed by atoms with Gasteiger partial charge < -0.3 is 5.11 Å². The summed E-state index contributed by atoms with van der Waals surface area (Å²) in [5.74, 6) is 0. The third-order valence-corrected chi connectivity index (χ3v) is 2.68. The second-order valence-corrected chi connectivity index (χ2v) is 3.72. The molecule has 13 heavy (non-hydrogen) atoms. The number of para-hydroxylation sites is 1. The van der Waals surface area contributed by atoms with Crippen molar-refractivity contribution in [3.63, 3.8) is 0 Å². The smallest absolute Gasteiger partial charge is 0.0957 e. The standard InChI is InChI=1S/C9H9BrN2O/c1-12-9-6(8(5-13)11-12)3-2-4-7(9)10/h2-4,13H,5H2,1H3. The van der Waals surface area contributed by atoms with Crippen LogP contribution in [0.25, 0.3) is 10.9 Å². The Bertz CT molecular complexity index is 450. The molecule has 0 aliphatic rings. The summed E-state index contributed by atoms with van der Waals surface area (Å²) in [5, 5.41) is 14.3. The van der Waals surface area contributed by atoms with Crippen LogP contribution in [0.3, 0.4) is 0 Å². The number of aryl methyl sites for hydroxylation is 1. The fourth-order valence-corrected chi connectivity index (χ4v) is 2.10. The summed E-state index contributed by atoms with van der Waals surface area (Å²) in [4.78, 5) is 0. The molecule has 0 bridgehead atoms. The van der Waals surface area contributed by atoms with Crippen molar-refractivity contribution < 1.29 is 5.11 Å². The molecule has 0 aliphatic carbocycles. The zero-order valence-corrected chi connectivity index (χ0v) is 8.74. The summed E-state index contributed by atoms with van der Waals surface area (Å²) in [6.07, 6.45) is 0. The number of fused-ring (bicyclic) bond motifs is 1. The molecule has 0 aliphatic heterocycles. The average Bonchev–Trinajstić information content (AvgIpc) is 2.44. The summed E-state index contributed by atoms with van der Waals surface area (Å²) in [6, 6.07) is 5.86. The Morgan fingerprint density at radius 2 is 2.31 bits per heavy atom. The summed E-state index contributed by atoms with van der Waals surface area (Å²) in [6.45, 7) is -0.0200. The molecule has 2 rings (SSSR count). The van der Waals surface area contributed by atoms with E-state index in [1.54, 1.807) is 4.68 Å². The molecule has 0 saturated carbocycles. The van der Waals surface area contributed by atoms with Crippen molar-refractivity contribution in [3.05, 3.63) is 28.4 Å². The van der Waals surface area contributed by atoms with Crippen LogP contribution in [0.15, 0.2) is 22.7 Å². The highest BCUT2D eigenvalue weighted by Gasteiger charge is 2.08. The lowest BCUT2D eigenvalue weighted by Crippen LogP contribution is -1.91. The summed E-state index contributed by atoms with van der Waals surface area (Å²) < 4.78 is 2.77. The number of nitrogens with zero attached hydrogens (tertiary/aromatic N) is 2. The maximum absolute atomic E-state index is 9.05. The van der Waals surface area contributed by atoms with Crippen molar-refractivity contribution >= 4 is 26.8 Å². The minimum Gasteiger partial charge on any atom is -0.390 e. The van der Waals surface area contributed by atoms with E-state index in [2.05, 4.69) is 21.0 Å². The van der Waals surface area contributed by atoms with Gasteiger partial charge in [0.2, 0.25) is 0 Å². The molecule has 0 fully saturated rings. The van der Waals surface area contributed by atoms with Gasteiger partial charge in [-0.3, -0.25) is 4.68 Å². The molecular formula is C9H9BrN2O. The molecule has 1 heterocycles. The van der Waals surface area contributed by atoms with Crippen molar-refractivity contribution in [2.45, 2.75) is 6.61 Å². The van der Waals surface area contributed by atoms with E-state index in [1.807, 2.05) is 25.2 Å². The molecular weight excluding hydrogens is 232 g/mol. The number of aromatic nitrogens is 2. The number of aliphatic hydroxyl groups excluding tert-OH is 1. The number of benzene rings is 1. The molecule has 0 saturated heterocycles. The van der Waals surface area contributed by atoms with Crippen LogP contribution in [0.5, 0.6) is 0 Å². The number of halogens is 1. The van der Waals surface area contributed by atoms with Crippen molar-refractivity contribution in [1.82, 2.24) is 9.78 Å². The van der Waals surface area contributed by atoms with E-state index in [0.29, 0.717) is 0 Å². The Hall–Kier alpha value is -0.870. The molecule has 0 atom stereocenters. The first-order valence-electron chi connectivity index (χ1n) is 3.95. The summed E-state index contributed by atoms with van der Waals surface area (Å²) >= 11 is 3.45. The van der Waals surface area contributed by atoms with Gasteiger partial charge in [-0.1, -0.05) is 12.1 Å². The van der Waals surface area contributed by atoms with Crippen molar-refractivity contribution in [3.8, 4) is 0 Å². The molecule has 1 aromatic carbocycles. The van der Waals surface area contributed by atoms with Crippen molar-refractivity contribution in [1.29, 1.82) is 0 Å². The van der Waals surface area contributed by atoms with Gasteiger partial charge in [0.1, 0.15) is 0 Å². The lowest BCUT2D eigenvalue weighted by atomic mass is 10.2. The van der Waals surface area contributed by atoms with Crippen LogP contribution in [0, 0.1) is 0 Å². The first kappa shape index (κ1) is 8.72. The Labute approximate surface area is 84.1 Å². The molecule has 4 heteroatoms. The second kappa shape index (κ2) is 3.12. The third kappa shape index (κ3) is 1.26. The maximum atomic E-state index is 9.05. The first-order chi connectivity index (χ1) is 6.24. The topological polar surface area (TPSA) is 38.0 Å². The number of hydrogen-bond acceptors (Lipinski definition) is 2. The number of hydrogen-bond donors (Lipinski definition) is 1. The monoisotopic (exact) mass is 240 g/mol. The van der Waals surface area contributed by atoms with Gasteiger partial charge in [-0.15, -0.1) is 0 Å². The molecule has 0 spiro atoms. The van der Waals surface area contributed by atoms with Crippen LogP contribution in [0.1, 0.15) is 5.69 Å². The van der Waals surface area contributed by atoms with E-state index in [0.717, 1.165) is 21.1 Å². The quantitative estimate of drug-likeness (QED) is 0.827. The van der Waals surface area contributed by atoms with Crippen LogP contribution in [-0.2, 0) is 13.7 Å². The van der Waals surface area contributed by atoms with Gasteiger partial charge in [0.25, 0.3) is 0 Å². The van der Waals surface area contributed by atoms with Gasteiger partial charge in [-0.2, -0.15) is 5.10 Å². The highest BCUT2D eigenvalue weighted by Crippen LogP contribution is 2.25. The predicted molar refractivity (Wildman–Crippen MR) is 54.3 cm³/mol. The normalized spacial score (nSPS) is 11.0. The van der Waals surface area contributed by atoms with Crippen LogP contribution < -0.4 is 0 Å². The van der Waals surface area contributed by atoms with Gasteiger partial charge in [-0.25, -0.2) is 0 Å². The zero-order chi connectivity index (χ0) is 9.42. The molecule has 0 amide bonds. The second-order valence-electron chi connectivity index (χ2n) is 2.86. The largest absolute Gasteiger partial charge is 0.390 e. The van der Waals surface area contributed by atoms with Gasteiger partial charge >= 0.3 is 0 Å². The lowest BCUT2D eigenvalue weighted by Gasteiger charge is -1.95. The lowest BCUT2D eigenvalue weighted by molar-refractivity contribution is 0.277. The van der Waals surface area contributed by atoms with Gasteiger partial charge in [0, 0.05) is 16.9 Å². The SMILES string of the molecule is Cn1nc(CO)c2cccc(Br)c21. The van der Waals surface area contributed by atoms with Crippen LogP contribution in [0.2, 0.25) is 0 Å². The van der Waals surface area contributed by atoms with Crippen LogP contribution in [-0.4, -0.2) is 14.9 Å². The summed E-state index contributed by atoms with van der Waals surface area (Å²) in [5.41, 5.74) is 1.74. The van der Waals surface area contributed by atoms with E-state index in [9.17, 15) is 0 Å². The van der Waals surface area contributed by atoms with Gasteiger partial charge in [0.05, 0.1) is 17.8 Å². The molecule has 1 N–H and O–H groups in total. The predicted octanol–water partition coefficient (Wildman–Crippen LogP) is 1.83. The number of aliphatic hydroxyl groups is 1.